The average molecular weight is 329 g/mol. The van der Waals surface area contributed by atoms with Crippen molar-refractivity contribution in [1.82, 2.24) is 9.78 Å². The highest BCUT2D eigenvalue weighted by molar-refractivity contribution is 9.10. The Morgan fingerprint density at radius 3 is 2.83 bits per heavy atom. The van der Waals surface area contributed by atoms with E-state index in [4.69, 9.17) is 17.3 Å². The number of nitrogens with zero attached hydrogens (tertiary/aromatic N) is 2. The zero-order valence-electron chi connectivity index (χ0n) is 10.1. The maximum absolute atomic E-state index is 6.22. The van der Waals surface area contributed by atoms with Crippen LogP contribution in [-0.4, -0.2) is 15.8 Å². The molecule has 2 N–H and O–H groups in total. The quantitative estimate of drug-likeness (QED) is 0.931. The largest absolute Gasteiger partial charge is 0.326 e. The van der Waals surface area contributed by atoms with Crippen LogP contribution in [0.25, 0.3) is 0 Å². The summed E-state index contributed by atoms with van der Waals surface area (Å²) in [5, 5.41) is 4.90. The SMILES string of the molecule is CCC(N)C(c1cccc(Br)c1)n1cc(Cl)cn1. The minimum absolute atomic E-state index is 0.000000000000000222. The van der Waals surface area contributed by atoms with Gasteiger partial charge in [0.05, 0.1) is 17.3 Å². The van der Waals surface area contributed by atoms with Gasteiger partial charge in [-0.05, 0) is 24.1 Å². The van der Waals surface area contributed by atoms with Gasteiger partial charge in [0.2, 0.25) is 0 Å². The van der Waals surface area contributed by atoms with Crippen LogP contribution in [0.1, 0.15) is 24.9 Å². The van der Waals surface area contributed by atoms with E-state index in [1.54, 1.807) is 6.20 Å². The molecular formula is C13H15BrClN3. The molecule has 2 atom stereocenters. The number of hydrogen-bond acceptors (Lipinski definition) is 2. The Balaban J connectivity index is 2.43. The molecule has 0 fully saturated rings. The number of halogens is 2. The lowest BCUT2D eigenvalue weighted by Gasteiger charge is -2.24. The standard InChI is InChI=1S/C13H15BrClN3/c1-2-12(16)13(18-8-11(15)7-17-18)9-4-3-5-10(14)6-9/h3-8,12-13H,2,16H2,1H3. The third-order valence-electron chi connectivity index (χ3n) is 2.92. The number of hydrogen-bond donors (Lipinski definition) is 1. The van der Waals surface area contributed by atoms with Crippen LogP contribution in [0.4, 0.5) is 0 Å². The van der Waals surface area contributed by atoms with Gasteiger partial charge in [-0.3, -0.25) is 4.68 Å². The Bertz CT molecular complexity index is 526. The molecule has 0 radical (unpaired) electrons. The molecule has 5 heteroatoms. The molecule has 2 unspecified atom stereocenters. The van der Waals surface area contributed by atoms with Crippen LogP contribution in [-0.2, 0) is 0 Å². The molecule has 0 bridgehead atoms. The van der Waals surface area contributed by atoms with Gasteiger partial charge in [0, 0.05) is 16.7 Å². The van der Waals surface area contributed by atoms with Gasteiger partial charge in [0.15, 0.2) is 0 Å². The van der Waals surface area contributed by atoms with Crippen LogP contribution in [0.15, 0.2) is 41.1 Å². The summed E-state index contributed by atoms with van der Waals surface area (Å²) in [6, 6.07) is 8.11. The highest BCUT2D eigenvalue weighted by Gasteiger charge is 2.21. The van der Waals surface area contributed by atoms with Crippen molar-refractivity contribution in [3.8, 4) is 0 Å². The molecule has 0 saturated heterocycles. The zero-order valence-corrected chi connectivity index (χ0v) is 12.4. The smallest absolute Gasteiger partial charge is 0.0920 e. The summed E-state index contributed by atoms with van der Waals surface area (Å²) in [5.74, 6) is 0. The van der Waals surface area contributed by atoms with Gasteiger partial charge in [-0.2, -0.15) is 5.10 Å². The van der Waals surface area contributed by atoms with Crippen molar-refractivity contribution in [1.29, 1.82) is 0 Å². The summed E-state index contributed by atoms with van der Waals surface area (Å²) < 4.78 is 2.87. The minimum atomic E-state index is -0.00438. The molecule has 18 heavy (non-hydrogen) atoms. The van der Waals surface area contributed by atoms with Crippen molar-refractivity contribution < 1.29 is 0 Å². The third-order valence-corrected chi connectivity index (χ3v) is 3.61. The third kappa shape index (κ3) is 2.94. The van der Waals surface area contributed by atoms with Gasteiger partial charge in [-0.15, -0.1) is 0 Å². The molecule has 1 heterocycles. The molecule has 3 nitrogen and oxygen atoms in total. The van der Waals surface area contributed by atoms with Crippen molar-refractivity contribution in [3.05, 3.63) is 51.7 Å². The van der Waals surface area contributed by atoms with Crippen molar-refractivity contribution in [2.75, 3.05) is 0 Å². The fourth-order valence-corrected chi connectivity index (χ4v) is 2.54. The van der Waals surface area contributed by atoms with E-state index in [1.165, 1.54) is 0 Å². The van der Waals surface area contributed by atoms with Crippen LogP contribution in [0.3, 0.4) is 0 Å². The average Bonchev–Trinajstić information content (AvgIpc) is 2.76. The zero-order chi connectivity index (χ0) is 13.1. The number of rotatable bonds is 4. The molecule has 0 aliphatic rings. The van der Waals surface area contributed by atoms with Crippen LogP contribution in [0, 0.1) is 0 Å². The fraction of sp³-hybridized carbons (Fsp3) is 0.308. The van der Waals surface area contributed by atoms with E-state index < -0.39 is 0 Å². The first-order chi connectivity index (χ1) is 8.61. The molecule has 0 amide bonds. The maximum atomic E-state index is 6.22. The molecule has 1 aromatic carbocycles. The molecule has 0 spiro atoms. The predicted molar refractivity (Wildman–Crippen MR) is 77.8 cm³/mol. The van der Waals surface area contributed by atoms with Crippen LogP contribution < -0.4 is 5.73 Å². The molecule has 0 saturated carbocycles. The van der Waals surface area contributed by atoms with Gasteiger partial charge in [0.25, 0.3) is 0 Å². The molecule has 2 aromatic rings. The first-order valence-corrected chi connectivity index (χ1v) is 6.99. The van der Waals surface area contributed by atoms with Gasteiger partial charge >= 0.3 is 0 Å². The summed E-state index contributed by atoms with van der Waals surface area (Å²) in [6.45, 7) is 2.07. The summed E-state index contributed by atoms with van der Waals surface area (Å²) in [4.78, 5) is 0. The second-order valence-corrected chi connectivity index (χ2v) is 5.56. The highest BCUT2D eigenvalue weighted by Crippen LogP contribution is 2.25. The van der Waals surface area contributed by atoms with Gasteiger partial charge in [0.1, 0.15) is 0 Å². The maximum Gasteiger partial charge on any atom is 0.0920 e. The van der Waals surface area contributed by atoms with E-state index in [0.29, 0.717) is 5.02 Å². The lowest BCUT2D eigenvalue weighted by atomic mass is 9.98. The summed E-state index contributed by atoms with van der Waals surface area (Å²) in [5.41, 5.74) is 7.34. The topological polar surface area (TPSA) is 43.8 Å². The van der Waals surface area contributed by atoms with Crippen molar-refractivity contribution in [3.63, 3.8) is 0 Å². The highest BCUT2D eigenvalue weighted by atomic mass is 79.9. The molecule has 2 rings (SSSR count). The van der Waals surface area contributed by atoms with E-state index in [1.807, 2.05) is 23.0 Å². The van der Waals surface area contributed by atoms with Gasteiger partial charge < -0.3 is 5.73 Å². The van der Waals surface area contributed by atoms with E-state index in [9.17, 15) is 0 Å². The second-order valence-electron chi connectivity index (χ2n) is 4.21. The van der Waals surface area contributed by atoms with E-state index in [0.717, 1.165) is 16.5 Å². The Kier molecular flexibility index (Phi) is 4.43. The van der Waals surface area contributed by atoms with Crippen molar-refractivity contribution in [2.24, 2.45) is 5.73 Å². The monoisotopic (exact) mass is 327 g/mol. The Labute approximate surface area is 120 Å². The van der Waals surface area contributed by atoms with E-state index in [2.05, 4.69) is 40.1 Å². The normalized spacial score (nSPS) is 14.4. The molecule has 96 valence electrons. The summed E-state index contributed by atoms with van der Waals surface area (Å²) in [7, 11) is 0. The predicted octanol–water partition coefficient (Wildman–Crippen LogP) is 3.63. The van der Waals surface area contributed by atoms with Crippen molar-refractivity contribution >= 4 is 27.5 Å². The van der Waals surface area contributed by atoms with Crippen LogP contribution in [0.2, 0.25) is 5.02 Å². The minimum Gasteiger partial charge on any atom is -0.326 e. The number of aromatic nitrogens is 2. The Hall–Kier alpha value is -0.840. The van der Waals surface area contributed by atoms with Crippen LogP contribution in [0.5, 0.6) is 0 Å². The van der Waals surface area contributed by atoms with Gasteiger partial charge in [-0.1, -0.05) is 46.6 Å². The van der Waals surface area contributed by atoms with Gasteiger partial charge in [-0.25, -0.2) is 0 Å². The number of nitrogens with two attached hydrogens (primary N) is 1. The second kappa shape index (κ2) is 5.87. The molecular weight excluding hydrogens is 314 g/mol. The summed E-state index contributed by atoms with van der Waals surface area (Å²) >= 11 is 9.42. The van der Waals surface area contributed by atoms with E-state index >= 15 is 0 Å². The van der Waals surface area contributed by atoms with E-state index in [-0.39, 0.29) is 12.1 Å². The lowest BCUT2D eigenvalue weighted by molar-refractivity contribution is 0.424. The van der Waals surface area contributed by atoms with Crippen molar-refractivity contribution in [2.45, 2.75) is 25.4 Å². The molecule has 0 aliphatic carbocycles. The summed E-state index contributed by atoms with van der Waals surface area (Å²) in [6.07, 6.45) is 4.31. The first kappa shape index (κ1) is 13.6. The lowest BCUT2D eigenvalue weighted by Crippen LogP contribution is -2.32. The Morgan fingerprint density at radius 1 is 1.50 bits per heavy atom. The fourth-order valence-electron chi connectivity index (χ4n) is 1.98. The molecule has 1 aromatic heterocycles. The molecule has 0 aliphatic heterocycles. The first-order valence-electron chi connectivity index (χ1n) is 5.82. The number of benzene rings is 1. The Morgan fingerprint density at radius 2 is 2.28 bits per heavy atom. The van der Waals surface area contributed by atoms with Crippen LogP contribution >= 0.6 is 27.5 Å².